The lowest BCUT2D eigenvalue weighted by Gasteiger charge is -2.33. The Labute approximate surface area is 136 Å². The molecule has 0 aromatic carbocycles. The van der Waals surface area contributed by atoms with Crippen LogP contribution in [0.5, 0.6) is 11.8 Å². The molecule has 2 aliphatic carbocycles. The maximum absolute atomic E-state index is 10.5. The number of allylic oxidation sites excluding steroid dienone is 2. The van der Waals surface area contributed by atoms with Gasteiger partial charge in [0.25, 0.3) is 0 Å². The average molecular weight is 319 g/mol. The predicted octanol–water partition coefficient (Wildman–Crippen LogP) is 0.648. The summed E-state index contributed by atoms with van der Waals surface area (Å²) in [6.07, 6.45) is 4.57. The molecule has 1 saturated heterocycles. The number of nitrogens with zero attached hydrogens (tertiary/aromatic N) is 3. The van der Waals surface area contributed by atoms with Crippen LogP contribution in [0.25, 0.3) is 0 Å². The Morgan fingerprint density at radius 3 is 2.13 bits per heavy atom. The molecule has 2 heterocycles. The minimum Gasteiger partial charge on any atom is -0.494 e. The van der Waals surface area contributed by atoms with E-state index in [-0.39, 0.29) is 30.1 Å². The number of fused-ring (bicyclic) bond motifs is 5. The van der Waals surface area contributed by atoms with Crippen molar-refractivity contribution >= 4 is 0 Å². The van der Waals surface area contributed by atoms with Crippen molar-refractivity contribution in [3.05, 3.63) is 23.3 Å². The van der Waals surface area contributed by atoms with Crippen molar-refractivity contribution in [3.63, 3.8) is 0 Å². The molecule has 6 heteroatoms. The predicted molar refractivity (Wildman–Crippen MR) is 86.9 cm³/mol. The van der Waals surface area contributed by atoms with Crippen LogP contribution >= 0.6 is 0 Å². The SMILES string of the molecule is CN1CCN(CC(O)Cn2c(O)c3c(c2O)C2C=CC3C2)CC1. The second-order valence-electron chi connectivity index (χ2n) is 7.18. The number of aromatic nitrogens is 1. The van der Waals surface area contributed by atoms with Crippen molar-refractivity contribution in [1.82, 2.24) is 14.4 Å². The molecule has 3 N–H and O–H groups in total. The largest absolute Gasteiger partial charge is 0.494 e. The highest BCUT2D eigenvalue weighted by molar-refractivity contribution is 5.58. The number of hydrogen-bond donors (Lipinski definition) is 3. The molecule has 6 nitrogen and oxygen atoms in total. The van der Waals surface area contributed by atoms with Gasteiger partial charge in [-0.1, -0.05) is 12.2 Å². The third-order valence-corrected chi connectivity index (χ3v) is 5.57. The number of aliphatic hydroxyl groups excluding tert-OH is 1. The maximum atomic E-state index is 10.5. The van der Waals surface area contributed by atoms with E-state index in [2.05, 4.69) is 29.0 Å². The minimum atomic E-state index is -0.603. The van der Waals surface area contributed by atoms with Crippen LogP contribution in [0.2, 0.25) is 0 Å². The number of aliphatic hydroxyl groups is 1. The lowest BCUT2D eigenvalue weighted by molar-refractivity contribution is 0.0683. The highest BCUT2D eigenvalue weighted by Crippen LogP contribution is 2.56. The van der Waals surface area contributed by atoms with Gasteiger partial charge in [0.15, 0.2) is 11.8 Å². The van der Waals surface area contributed by atoms with Gasteiger partial charge in [-0.05, 0) is 13.5 Å². The normalized spacial score (nSPS) is 28.4. The van der Waals surface area contributed by atoms with Crippen LogP contribution in [0.4, 0.5) is 0 Å². The number of β-amino-alcohol motifs (C(OH)–C–C–N with tert-alkyl or cyclic N) is 1. The summed E-state index contributed by atoms with van der Waals surface area (Å²) >= 11 is 0. The second kappa shape index (κ2) is 5.54. The van der Waals surface area contributed by atoms with Crippen molar-refractivity contribution in [1.29, 1.82) is 0 Å². The van der Waals surface area contributed by atoms with Gasteiger partial charge in [0, 0.05) is 55.7 Å². The number of aromatic hydroxyl groups is 2. The Kier molecular flexibility index (Phi) is 3.63. The van der Waals surface area contributed by atoms with Gasteiger partial charge in [-0.25, -0.2) is 0 Å². The molecule has 1 aromatic heterocycles. The summed E-state index contributed by atoms with van der Waals surface area (Å²) in [5.74, 6) is 0.701. The standard InChI is InChI=1S/C17H25N3O3/c1-18-4-6-19(7-5-18)9-13(21)10-20-16(22)14-11-2-3-12(8-11)15(14)17(20)23/h2-3,11-13,21-23H,4-10H2,1H3. The summed E-state index contributed by atoms with van der Waals surface area (Å²) in [6.45, 7) is 4.72. The lowest BCUT2D eigenvalue weighted by Crippen LogP contribution is -2.47. The zero-order chi connectivity index (χ0) is 16.1. The van der Waals surface area contributed by atoms with Gasteiger partial charge in [-0.3, -0.25) is 9.47 Å². The number of hydrogen-bond acceptors (Lipinski definition) is 5. The van der Waals surface area contributed by atoms with Gasteiger partial charge in [-0.2, -0.15) is 0 Å². The van der Waals surface area contributed by atoms with E-state index >= 15 is 0 Å². The van der Waals surface area contributed by atoms with Gasteiger partial charge >= 0.3 is 0 Å². The van der Waals surface area contributed by atoms with Crippen LogP contribution in [0.15, 0.2) is 12.2 Å². The van der Waals surface area contributed by atoms with Crippen LogP contribution in [0.1, 0.15) is 29.4 Å². The Bertz CT molecular complexity index is 596. The summed E-state index contributed by atoms with van der Waals surface area (Å²) in [4.78, 5) is 4.51. The Morgan fingerprint density at radius 2 is 1.57 bits per heavy atom. The zero-order valence-corrected chi connectivity index (χ0v) is 13.5. The van der Waals surface area contributed by atoms with Gasteiger partial charge < -0.3 is 20.2 Å². The first-order valence-corrected chi connectivity index (χ1v) is 8.46. The summed E-state index contributed by atoms with van der Waals surface area (Å²) < 4.78 is 1.48. The van der Waals surface area contributed by atoms with Crippen LogP contribution < -0.4 is 0 Å². The molecule has 0 radical (unpaired) electrons. The molecule has 1 aromatic rings. The van der Waals surface area contributed by atoms with Crippen LogP contribution in [0.3, 0.4) is 0 Å². The summed E-state index contributed by atoms with van der Waals surface area (Å²) in [5.41, 5.74) is 1.73. The van der Waals surface area contributed by atoms with E-state index in [1.807, 2.05) is 0 Å². The van der Waals surface area contributed by atoms with Crippen molar-refractivity contribution in [2.45, 2.75) is 30.9 Å². The molecule has 23 heavy (non-hydrogen) atoms. The van der Waals surface area contributed by atoms with E-state index in [9.17, 15) is 15.3 Å². The Hall–Kier alpha value is -1.50. The van der Waals surface area contributed by atoms with Gasteiger partial charge in [0.05, 0.1) is 12.6 Å². The Morgan fingerprint density at radius 1 is 1.00 bits per heavy atom. The number of piperazine rings is 1. The van der Waals surface area contributed by atoms with Gasteiger partial charge in [0.2, 0.25) is 0 Å². The minimum absolute atomic E-state index is 0.131. The van der Waals surface area contributed by atoms with Crippen molar-refractivity contribution in [2.75, 3.05) is 39.8 Å². The van der Waals surface area contributed by atoms with Crippen molar-refractivity contribution in [2.24, 2.45) is 0 Å². The molecule has 0 saturated carbocycles. The van der Waals surface area contributed by atoms with Crippen LogP contribution in [0, 0.1) is 0 Å². The highest BCUT2D eigenvalue weighted by atomic mass is 16.3. The molecule has 4 rings (SSSR count). The zero-order valence-electron chi connectivity index (χ0n) is 13.5. The summed E-state index contributed by atoms with van der Waals surface area (Å²) in [7, 11) is 2.10. The molecule has 3 aliphatic rings. The van der Waals surface area contributed by atoms with E-state index in [1.54, 1.807) is 0 Å². The summed E-state index contributed by atoms with van der Waals surface area (Å²) in [5, 5.41) is 31.4. The molecule has 2 bridgehead atoms. The van der Waals surface area contributed by atoms with E-state index in [1.165, 1.54) is 4.57 Å². The quantitative estimate of drug-likeness (QED) is 0.711. The molecule has 3 unspecified atom stereocenters. The maximum Gasteiger partial charge on any atom is 0.198 e. The molecule has 1 aliphatic heterocycles. The van der Waals surface area contributed by atoms with Crippen LogP contribution in [-0.2, 0) is 6.54 Å². The van der Waals surface area contributed by atoms with Crippen molar-refractivity contribution in [3.8, 4) is 11.8 Å². The fourth-order valence-electron chi connectivity index (χ4n) is 4.26. The third-order valence-electron chi connectivity index (χ3n) is 5.57. The lowest BCUT2D eigenvalue weighted by atomic mass is 10.0. The second-order valence-corrected chi connectivity index (χ2v) is 7.18. The van der Waals surface area contributed by atoms with E-state index in [4.69, 9.17) is 0 Å². The number of likely N-dealkylation sites (N-methyl/N-ethyl adjacent to an activating group) is 1. The highest BCUT2D eigenvalue weighted by Gasteiger charge is 2.41. The van der Waals surface area contributed by atoms with Gasteiger partial charge in [-0.15, -0.1) is 0 Å². The van der Waals surface area contributed by atoms with Crippen LogP contribution in [-0.4, -0.2) is 75.6 Å². The molecule has 3 atom stereocenters. The van der Waals surface area contributed by atoms with E-state index in [0.717, 1.165) is 43.7 Å². The first-order chi connectivity index (χ1) is 11.0. The smallest absolute Gasteiger partial charge is 0.198 e. The third kappa shape index (κ3) is 2.45. The van der Waals surface area contributed by atoms with Gasteiger partial charge in [0.1, 0.15) is 0 Å². The molecule has 126 valence electrons. The fraction of sp³-hybridized carbons (Fsp3) is 0.647. The van der Waals surface area contributed by atoms with Crippen molar-refractivity contribution < 1.29 is 15.3 Å². The molecule has 1 fully saturated rings. The van der Waals surface area contributed by atoms with E-state index in [0.29, 0.717) is 6.54 Å². The first-order valence-electron chi connectivity index (χ1n) is 8.46. The molecule has 0 amide bonds. The first kappa shape index (κ1) is 15.1. The monoisotopic (exact) mass is 319 g/mol. The average Bonchev–Trinajstić information content (AvgIpc) is 3.19. The molecular formula is C17H25N3O3. The molecular weight excluding hydrogens is 294 g/mol. The summed E-state index contributed by atoms with van der Waals surface area (Å²) in [6, 6.07) is 0. The number of rotatable bonds is 4. The fourth-order valence-corrected chi connectivity index (χ4v) is 4.26. The molecule has 0 spiro atoms. The Balaban J connectivity index is 1.45. The van der Waals surface area contributed by atoms with E-state index < -0.39 is 6.10 Å². The topological polar surface area (TPSA) is 72.1 Å².